The first kappa shape index (κ1) is 29.2. The summed E-state index contributed by atoms with van der Waals surface area (Å²) < 4.78 is 5.44. The molecule has 42 heavy (non-hydrogen) atoms. The molecule has 2 heterocycles. The Balaban J connectivity index is 1.04. The Labute approximate surface area is 256 Å². The highest BCUT2D eigenvalue weighted by atomic mass is 32.1. The van der Waals surface area contributed by atoms with Gasteiger partial charge in [-0.15, -0.1) is 11.3 Å². The van der Waals surface area contributed by atoms with Crippen molar-refractivity contribution in [2.24, 2.45) is 0 Å². The van der Waals surface area contributed by atoms with Crippen molar-refractivity contribution in [2.75, 3.05) is 0 Å². The Bertz CT molecular complexity index is 1740. The Kier molecular flexibility index (Phi) is 10.1. The number of fused-ring (bicyclic) bond motifs is 9. The van der Waals surface area contributed by atoms with E-state index in [0.717, 1.165) is 6.54 Å². The molecule has 0 aliphatic carbocycles. The molecule has 0 bridgehead atoms. The highest BCUT2D eigenvalue weighted by Crippen LogP contribution is 2.42. The molecular weight excluding hydrogens is 527 g/mol. The molecule has 0 saturated heterocycles. The van der Waals surface area contributed by atoms with Crippen molar-refractivity contribution >= 4 is 64.1 Å². The summed E-state index contributed by atoms with van der Waals surface area (Å²) in [6, 6.07) is 27.4. The van der Waals surface area contributed by atoms with Gasteiger partial charge in [0, 0.05) is 53.8 Å². The third-order valence-electron chi connectivity index (χ3n) is 9.50. The first-order valence-corrected chi connectivity index (χ1v) is 17.9. The molecule has 220 valence electrons. The third kappa shape index (κ3) is 6.40. The van der Waals surface area contributed by atoms with Crippen molar-refractivity contribution in [3.05, 3.63) is 72.8 Å². The van der Waals surface area contributed by atoms with Gasteiger partial charge in [-0.05, 0) is 18.6 Å². The van der Waals surface area contributed by atoms with Crippen LogP contribution in [0.2, 0.25) is 0 Å². The van der Waals surface area contributed by atoms with Crippen molar-refractivity contribution in [1.29, 1.82) is 0 Å². The number of hydrogen-bond donors (Lipinski definition) is 0. The average Bonchev–Trinajstić information content (AvgIpc) is 3.57. The van der Waals surface area contributed by atoms with Crippen LogP contribution in [0, 0.1) is 0 Å². The first-order valence-electron chi connectivity index (χ1n) is 17.1. The lowest BCUT2D eigenvalue weighted by atomic mass is 10.0. The lowest BCUT2D eigenvalue weighted by Crippen LogP contribution is -1.98. The van der Waals surface area contributed by atoms with Gasteiger partial charge in [-0.1, -0.05) is 164 Å². The largest absolute Gasteiger partial charge is 0.340 e. The number of unbranched alkanes of at least 4 members (excludes halogenated alkanes) is 15. The van der Waals surface area contributed by atoms with Gasteiger partial charge >= 0.3 is 0 Å². The van der Waals surface area contributed by atoms with Gasteiger partial charge in [0.15, 0.2) is 0 Å². The standard InChI is InChI=1S/C40H49NS/c1-2-3-4-5-6-7-8-9-10-11-12-13-14-15-16-21-30-41-37-24-19-17-22-31(37)33-26-29-36-34(39(33)41)27-28-35-32-23-18-20-25-38(32)42-40(35)36/h17-20,22-29H,2-16,21,30H2,1H3. The van der Waals surface area contributed by atoms with E-state index in [2.05, 4.69) is 84.3 Å². The van der Waals surface area contributed by atoms with Crippen molar-refractivity contribution in [3.63, 3.8) is 0 Å². The minimum atomic E-state index is 1.10. The molecule has 0 unspecified atom stereocenters. The summed E-state index contributed by atoms with van der Waals surface area (Å²) in [4.78, 5) is 0. The van der Waals surface area contributed by atoms with E-state index in [1.807, 2.05) is 11.3 Å². The van der Waals surface area contributed by atoms with Crippen LogP contribution in [0.15, 0.2) is 72.8 Å². The van der Waals surface area contributed by atoms with E-state index in [9.17, 15) is 0 Å². The van der Waals surface area contributed by atoms with Gasteiger partial charge in [-0.3, -0.25) is 0 Å². The highest BCUT2D eigenvalue weighted by Gasteiger charge is 2.16. The van der Waals surface area contributed by atoms with E-state index >= 15 is 0 Å². The fourth-order valence-electron chi connectivity index (χ4n) is 7.19. The molecule has 2 aromatic heterocycles. The van der Waals surface area contributed by atoms with Gasteiger partial charge in [-0.25, -0.2) is 0 Å². The van der Waals surface area contributed by atoms with E-state index < -0.39 is 0 Å². The summed E-state index contributed by atoms with van der Waals surface area (Å²) in [6.45, 7) is 3.41. The molecule has 0 atom stereocenters. The number of rotatable bonds is 17. The van der Waals surface area contributed by atoms with Crippen LogP contribution in [0.5, 0.6) is 0 Å². The number of hydrogen-bond acceptors (Lipinski definition) is 1. The maximum Gasteiger partial charge on any atom is 0.0571 e. The number of aryl methyl sites for hydroxylation is 1. The maximum atomic E-state index is 2.63. The molecule has 6 aromatic rings. The summed E-state index contributed by atoms with van der Waals surface area (Å²) in [6.07, 6.45) is 22.6. The van der Waals surface area contributed by atoms with Crippen LogP contribution >= 0.6 is 11.3 Å². The van der Waals surface area contributed by atoms with Crippen LogP contribution in [0.4, 0.5) is 0 Å². The summed E-state index contributed by atoms with van der Waals surface area (Å²) in [5, 5.41) is 8.37. The summed E-state index contributed by atoms with van der Waals surface area (Å²) in [5.74, 6) is 0. The fourth-order valence-corrected chi connectivity index (χ4v) is 8.42. The molecule has 0 fully saturated rings. The molecule has 4 aromatic carbocycles. The third-order valence-corrected chi connectivity index (χ3v) is 10.7. The molecule has 0 N–H and O–H groups in total. The zero-order valence-electron chi connectivity index (χ0n) is 25.8. The van der Waals surface area contributed by atoms with Gasteiger partial charge in [0.25, 0.3) is 0 Å². The Morgan fingerprint density at radius 3 is 1.57 bits per heavy atom. The topological polar surface area (TPSA) is 4.93 Å². The predicted molar refractivity (Wildman–Crippen MR) is 189 cm³/mol. The molecule has 0 amide bonds. The van der Waals surface area contributed by atoms with E-state index in [-0.39, 0.29) is 0 Å². The molecular formula is C40H49NS. The van der Waals surface area contributed by atoms with Gasteiger partial charge in [0.2, 0.25) is 0 Å². The van der Waals surface area contributed by atoms with Crippen LogP contribution in [0.3, 0.4) is 0 Å². The highest BCUT2D eigenvalue weighted by molar-refractivity contribution is 7.26. The lowest BCUT2D eigenvalue weighted by Gasteiger charge is -2.10. The van der Waals surface area contributed by atoms with Crippen LogP contribution in [-0.2, 0) is 6.54 Å². The minimum Gasteiger partial charge on any atom is -0.340 e. The number of para-hydroxylation sites is 1. The Hall–Kier alpha value is -2.84. The lowest BCUT2D eigenvalue weighted by molar-refractivity contribution is 0.524. The number of thiophene rings is 1. The summed E-state index contributed by atoms with van der Waals surface area (Å²) in [7, 11) is 0. The monoisotopic (exact) mass is 575 g/mol. The summed E-state index contributed by atoms with van der Waals surface area (Å²) in [5.41, 5.74) is 2.81. The van der Waals surface area contributed by atoms with Gasteiger partial charge in [0.1, 0.15) is 0 Å². The van der Waals surface area contributed by atoms with Crippen LogP contribution < -0.4 is 0 Å². The molecule has 6 rings (SSSR count). The SMILES string of the molecule is CCCCCCCCCCCCCCCCCCn1c2ccccc2c2ccc3c(ccc4c5ccccc5sc43)c21. The average molecular weight is 576 g/mol. The van der Waals surface area contributed by atoms with Crippen LogP contribution in [0.25, 0.3) is 52.8 Å². The minimum absolute atomic E-state index is 1.10. The predicted octanol–water partition coefficient (Wildman–Crippen LogP) is 13.6. The molecule has 0 radical (unpaired) electrons. The Morgan fingerprint density at radius 1 is 0.452 bits per heavy atom. The number of aromatic nitrogens is 1. The van der Waals surface area contributed by atoms with E-state index in [0.29, 0.717) is 0 Å². The zero-order valence-corrected chi connectivity index (χ0v) is 26.6. The first-order chi connectivity index (χ1) is 20.9. The molecule has 0 spiro atoms. The van der Waals surface area contributed by atoms with Gasteiger partial charge in [0.05, 0.1) is 5.52 Å². The molecule has 1 nitrogen and oxygen atoms in total. The van der Waals surface area contributed by atoms with Crippen molar-refractivity contribution in [3.8, 4) is 0 Å². The van der Waals surface area contributed by atoms with E-state index in [1.54, 1.807) is 0 Å². The number of benzene rings is 4. The van der Waals surface area contributed by atoms with Crippen molar-refractivity contribution < 1.29 is 0 Å². The fraction of sp³-hybridized carbons (Fsp3) is 0.450. The normalized spacial score (nSPS) is 12.1. The second-order valence-corrected chi connectivity index (χ2v) is 13.6. The molecule has 0 saturated carbocycles. The molecule has 0 aliphatic rings. The van der Waals surface area contributed by atoms with Crippen LogP contribution in [-0.4, -0.2) is 4.57 Å². The zero-order chi connectivity index (χ0) is 28.6. The number of nitrogens with zero attached hydrogens (tertiary/aromatic N) is 1. The van der Waals surface area contributed by atoms with E-state index in [4.69, 9.17) is 0 Å². The molecule has 2 heteroatoms. The van der Waals surface area contributed by atoms with Crippen molar-refractivity contribution in [2.45, 2.75) is 116 Å². The van der Waals surface area contributed by atoms with Gasteiger partial charge in [-0.2, -0.15) is 0 Å². The van der Waals surface area contributed by atoms with Crippen LogP contribution in [0.1, 0.15) is 110 Å². The summed E-state index contributed by atoms with van der Waals surface area (Å²) >= 11 is 1.94. The Morgan fingerprint density at radius 2 is 0.929 bits per heavy atom. The van der Waals surface area contributed by atoms with Crippen molar-refractivity contribution in [1.82, 2.24) is 4.57 Å². The smallest absolute Gasteiger partial charge is 0.0571 e. The molecule has 0 aliphatic heterocycles. The van der Waals surface area contributed by atoms with Gasteiger partial charge < -0.3 is 4.57 Å². The second kappa shape index (κ2) is 14.6. The van der Waals surface area contributed by atoms with E-state index in [1.165, 1.54) is 155 Å². The quantitative estimate of drug-likeness (QED) is 0.0953. The maximum absolute atomic E-state index is 2.63. The second-order valence-electron chi connectivity index (χ2n) is 12.6.